The number of fused-ring (bicyclic) bond motifs is 1. The lowest BCUT2D eigenvalue weighted by molar-refractivity contribution is 0.402. The molecular weight excluding hydrogens is 190 g/mol. The van der Waals surface area contributed by atoms with Crippen molar-refractivity contribution in [1.82, 2.24) is 15.3 Å². The molecule has 0 aromatic carbocycles. The Balaban J connectivity index is 2.10. The van der Waals surface area contributed by atoms with E-state index in [0.29, 0.717) is 5.92 Å². The van der Waals surface area contributed by atoms with Gasteiger partial charge in [-0.2, -0.15) is 4.98 Å². The van der Waals surface area contributed by atoms with Gasteiger partial charge in [0, 0.05) is 36.7 Å². The molecule has 1 aliphatic carbocycles. The Hall–Kier alpha value is -1.16. The number of hydrogen-bond acceptors (Lipinski definition) is 3. The van der Waals surface area contributed by atoms with E-state index in [0.717, 1.165) is 30.9 Å². The van der Waals surface area contributed by atoms with Crippen molar-refractivity contribution < 1.29 is 0 Å². The van der Waals surface area contributed by atoms with Crippen LogP contribution >= 0.6 is 0 Å². The predicted octanol–water partition coefficient (Wildman–Crippen LogP) is 0.683. The molecule has 2 aliphatic rings. The van der Waals surface area contributed by atoms with Gasteiger partial charge in [-0.1, -0.05) is 6.42 Å². The highest BCUT2D eigenvalue weighted by molar-refractivity contribution is 5.30. The maximum atomic E-state index is 11.4. The maximum Gasteiger partial charge on any atom is 0.345 e. The Bertz CT molecular complexity index is 434. The van der Waals surface area contributed by atoms with Crippen LogP contribution in [0.4, 0.5) is 0 Å². The molecular formula is C11H15N3O. The summed E-state index contributed by atoms with van der Waals surface area (Å²) in [4.78, 5) is 18.4. The van der Waals surface area contributed by atoms with E-state index in [1.807, 2.05) is 0 Å². The molecule has 0 atom stereocenters. The molecule has 80 valence electrons. The number of nitrogens with one attached hydrogen (secondary N) is 2. The Labute approximate surface area is 88.1 Å². The first-order valence-corrected chi connectivity index (χ1v) is 5.67. The summed E-state index contributed by atoms with van der Waals surface area (Å²) in [6, 6.07) is 0. The molecule has 0 saturated heterocycles. The molecule has 15 heavy (non-hydrogen) atoms. The molecule has 0 unspecified atom stereocenters. The third-order valence-corrected chi connectivity index (χ3v) is 3.50. The average molecular weight is 205 g/mol. The van der Waals surface area contributed by atoms with Gasteiger partial charge < -0.3 is 10.3 Å². The van der Waals surface area contributed by atoms with Gasteiger partial charge in [-0.3, -0.25) is 0 Å². The molecule has 1 saturated carbocycles. The number of H-pyrrole nitrogens is 1. The Kier molecular flexibility index (Phi) is 2.09. The number of hydrogen-bond donors (Lipinski definition) is 2. The summed E-state index contributed by atoms with van der Waals surface area (Å²) >= 11 is 0. The van der Waals surface area contributed by atoms with Crippen LogP contribution in [0, 0.1) is 0 Å². The molecule has 1 aliphatic heterocycles. The van der Waals surface area contributed by atoms with Crippen LogP contribution < -0.4 is 11.0 Å². The molecule has 3 rings (SSSR count). The summed E-state index contributed by atoms with van der Waals surface area (Å²) < 4.78 is 0. The Morgan fingerprint density at radius 1 is 1.33 bits per heavy atom. The van der Waals surface area contributed by atoms with Gasteiger partial charge in [-0.25, -0.2) is 4.79 Å². The van der Waals surface area contributed by atoms with Crippen LogP contribution in [0.1, 0.15) is 42.1 Å². The highest BCUT2D eigenvalue weighted by Crippen LogP contribution is 2.37. The molecule has 0 amide bonds. The van der Waals surface area contributed by atoms with Crippen molar-refractivity contribution in [3.8, 4) is 0 Å². The highest BCUT2D eigenvalue weighted by atomic mass is 16.1. The second-order valence-electron chi connectivity index (χ2n) is 4.44. The second-order valence-corrected chi connectivity index (χ2v) is 4.44. The summed E-state index contributed by atoms with van der Waals surface area (Å²) in [5, 5.41) is 3.34. The molecule has 1 fully saturated rings. The molecule has 0 spiro atoms. The van der Waals surface area contributed by atoms with Crippen LogP contribution in [0.15, 0.2) is 4.79 Å². The normalized spacial score (nSPS) is 20.8. The van der Waals surface area contributed by atoms with Crippen LogP contribution in [0.3, 0.4) is 0 Å². The minimum atomic E-state index is -0.169. The number of aromatic amines is 1. The van der Waals surface area contributed by atoms with Crippen LogP contribution in [0.5, 0.6) is 0 Å². The van der Waals surface area contributed by atoms with E-state index in [2.05, 4.69) is 15.3 Å². The summed E-state index contributed by atoms with van der Waals surface area (Å²) in [5.41, 5.74) is 3.26. The monoisotopic (exact) mass is 205 g/mol. The molecule has 4 heteroatoms. The minimum absolute atomic E-state index is 0.169. The maximum absolute atomic E-state index is 11.4. The summed E-state index contributed by atoms with van der Waals surface area (Å²) in [6.45, 7) is 1.82. The van der Waals surface area contributed by atoms with Crippen molar-refractivity contribution in [3.63, 3.8) is 0 Å². The van der Waals surface area contributed by atoms with Gasteiger partial charge in [-0.15, -0.1) is 0 Å². The average Bonchev–Trinajstić information content (AvgIpc) is 2.14. The van der Waals surface area contributed by atoms with E-state index in [1.54, 1.807) is 0 Å². The van der Waals surface area contributed by atoms with Crippen LogP contribution in [-0.2, 0) is 13.0 Å². The molecule has 0 radical (unpaired) electrons. The summed E-state index contributed by atoms with van der Waals surface area (Å²) in [6.07, 6.45) is 4.60. The van der Waals surface area contributed by atoms with Gasteiger partial charge in [-0.05, 0) is 12.8 Å². The molecule has 0 bridgehead atoms. The van der Waals surface area contributed by atoms with Crippen molar-refractivity contribution in [1.29, 1.82) is 0 Å². The molecule has 4 nitrogen and oxygen atoms in total. The molecule has 1 aromatic heterocycles. The van der Waals surface area contributed by atoms with E-state index in [-0.39, 0.29) is 5.69 Å². The van der Waals surface area contributed by atoms with Gasteiger partial charge in [0.25, 0.3) is 0 Å². The smallest absolute Gasteiger partial charge is 0.312 e. The van der Waals surface area contributed by atoms with Gasteiger partial charge in [0.05, 0.1) is 5.69 Å². The molecule has 2 heterocycles. The van der Waals surface area contributed by atoms with Gasteiger partial charge in [0.1, 0.15) is 0 Å². The largest absolute Gasteiger partial charge is 0.345 e. The molecule has 1 aromatic rings. The zero-order valence-corrected chi connectivity index (χ0v) is 8.68. The first kappa shape index (κ1) is 9.09. The first-order chi connectivity index (χ1) is 7.34. The highest BCUT2D eigenvalue weighted by Gasteiger charge is 2.26. The number of rotatable bonds is 1. The lowest BCUT2D eigenvalue weighted by Crippen LogP contribution is -2.32. The van der Waals surface area contributed by atoms with Crippen molar-refractivity contribution in [2.24, 2.45) is 0 Å². The van der Waals surface area contributed by atoms with E-state index in [4.69, 9.17) is 0 Å². The van der Waals surface area contributed by atoms with Gasteiger partial charge in [0.2, 0.25) is 0 Å². The van der Waals surface area contributed by atoms with Gasteiger partial charge in [0.15, 0.2) is 0 Å². The summed E-state index contributed by atoms with van der Waals surface area (Å²) in [5.74, 6) is 0.543. The fourth-order valence-corrected chi connectivity index (χ4v) is 2.42. The Morgan fingerprint density at radius 3 is 2.93 bits per heavy atom. The van der Waals surface area contributed by atoms with Crippen molar-refractivity contribution in [2.45, 2.75) is 38.1 Å². The minimum Gasteiger partial charge on any atom is -0.312 e. The summed E-state index contributed by atoms with van der Waals surface area (Å²) in [7, 11) is 0. The zero-order valence-electron chi connectivity index (χ0n) is 8.68. The van der Waals surface area contributed by atoms with Crippen molar-refractivity contribution in [2.75, 3.05) is 6.54 Å². The fourth-order valence-electron chi connectivity index (χ4n) is 2.42. The van der Waals surface area contributed by atoms with Crippen LogP contribution in [-0.4, -0.2) is 16.5 Å². The standard InChI is InChI=1S/C11H15N3O/c15-11-13-9-4-5-12-6-8(9)10(14-11)7-2-1-3-7/h7,12H,1-6H2,(H,13,14,15). The third-order valence-electron chi connectivity index (χ3n) is 3.50. The SMILES string of the molecule is O=c1nc(C2CCC2)c2c([nH]1)CCNC2. The van der Waals surface area contributed by atoms with E-state index >= 15 is 0 Å². The van der Waals surface area contributed by atoms with Crippen LogP contribution in [0.2, 0.25) is 0 Å². The topological polar surface area (TPSA) is 57.8 Å². The van der Waals surface area contributed by atoms with Crippen molar-refractivity contribution in [3.05, 3.63) is 27.4 Å². The van der Waals surface area contributed by atoms with E-state index < -0.39 is 0 Å². The number of aromatic nitrogens is 2. The number of nitrogens with zero attached hydrogens (tertiary/aromatic N) is 1. The Morgan fingerprint density at radius 2 is 2.20 bits per heavy atom. The fraction of sp³-hybridized carbons (Fsp3) is 0.636. The lowest BCUT2D eigenvalue weighted by atomic mass is 9.80. The predicted molar refractivity (Wildman–Crippen MR) is 56.9 cm³/mol. The van der Waals surface area contributed by atoms with Crippen molar-refractivity contribution >= 4 is 0 Å². The van der Waals surface area contributed by atoms with E-state index in [9.17, 15) is 4.79 Å². The van der Waals surface area contributed by atoms with Gasteiger partial charge >= 0.3 is 5.69 Å². The first-order valence-electron chi connectivity index (χ1n) is 5.67. The lowest BCUT2D eigenvalue weighted by Gasteiger charge is -2.29. The van der Waals surface area contributed by atoms with E-state index in [1.165, 1.54) is 24.8 Å². The zero-order chi connectivity index (χ0) is 10.3. The third kappa shape index (κ3) is 1.49. The van der Waals surface area contributed by atoms with Crippen LogP contribution in [0.25, 0.3) is 0 Å². The quantitative estimate of drug-likeness (QED) is 0.709. The second kappa shape index (κ2) is 3.45. The molecule has 2 N–H and O–H groups in total.